The van der Waals surface area contributed by atoms with Gasteiger partial charge in [0.2, 0.25) is 0 Å². The lowest BCUT2D eigenvalue weighted by atomic mass is 9.88. The number of piperazine rings is 1. The SMILES string of the molecule is CCC1CNC(CC)(CC)CN1c1ccccc1. The highest BCUT2D eigenvalue weighted by atomic mass is 15.3. The molecule has 1 heterocycles. The summed E-state index contributed by atoms with van der Waals surface area (Å²) in [6, 6.07) is 11.5. The molecule has 1 unspecified atom stereocenters. The second-order valence-corrected chi connectivity index (χ2v) is 5.39. The molecule has 1 aromatic carbocycles. The van der Waals surface area contributed by atoms with E-state index in [1.54, 1.807) is 0 Å². The van der Waals surface area contributed by atoms with Gasteiger partial charge in [-0.1, -0.05) is 39.0 Å². The first-order valence-corrected chi connectivity index (χ1v) is 7.31. The Hall–Kier alpha value is -1.02. The molecular weight excluding hydrogens is 220 g/mol. The van der Waals surface area contributed by atoms with Gasteiger partial charge in [0, 0.05) is 30.4 Å². The Morgan fingerprint density at radius 3 is 2.39 bits per heavy atom. The quantitative estimate of drug-likeness (QED) is 0.875. The van der Waals surface area contributed by atoms with E-state index in [9.17, 15) is 0 Å². The molecule has 0 aromatic heterocycles. The smallest absolute Gasteiger partial charge is 0.0412 e. The summed E-state index contributed by atoms with van der Waals surface area (Å²) in [6.07, 6.45) is 3.60. The summed E-state index contributed by atoms with van der Waals surface area (Å²) in [7, 11) is 0. The zero-order chi connectivity index (χ0) is 13.0. The molecule has 18 heavy (non-hydrogen) atoms. The van der Waals surface area contributed by atoms with Crippen molar-refractivity contribution in [3.63, 3.8) is 0 Å². The van der Waals surface area contributed by atoms with Crippen molar-refractivity contribution in [3.8, 4) is 0 Å². The minimum absolute atomic E-state index is 0.293. The van der Waals surface area contributed by atoms with Crippen molar-refractivity contribution < 1.29 is 0 Å². The van der Waals surface area contributed by atoms with Crippen molar-refractivity contribution in [1.82, 2.24) is 5.32 Å². The van der Waals surface area contributed by atoms with Crippen LogP contribution in [0.1, 0.15) is 40.0 Å². The Labute approximate surface area is 111 Å². The maximum absolute atomic E-state index is 3.79. The Morgan fingerprint density at radius 1 is 1.17 bits per heavy atom. The Kier molecular flexibility index (Phi) is 4.28. The van der Waals surface area contributed by atoms with Gasteiger partial charge in [0.15, 0.2) is 0 Å². The lowest BCUT2D eigenvalue weighted by Crippen LogP contribution is -2.64. The molecule has 2 heteroatoms. The lowest BCUT2D eigenvalue weighted by Gasteiger charge is -2.48. The van der Waals surface area contributed by atoms with Gasteiger partial charge in [0.25, 0.3) is 0 Å². The fourth-order valence-corrected chi connectivity index (χ4v) is 2.97. The molecule has 100 valence electrons. The van der Waals surface area contributed by atoms with E-state index >= 15 is 0 Å². The third kappa shape index (κ3) is 2.54. The van der Waals surface area contributed by atoms with Crippen LogP contribution in [-0.2, 0) is 0 Å². The minimum atomic E-state index is 0.293. The average molecular weight is 246 g/mol. The fourth-order valence-electron chi connectivity index (χ4n) is 2.97. The molecule has 1 aliphatic rings. The molecule has 0 spiro atoms. The number of hydrogen-bond acceptors (Lipinski definition) is 2. The summed E-state index contributed by atoms with van der Waals surface area (Å²) in [5.41, 5.74) is 1.67. The number of nitrogens with zero attached hydrogens (tertiary/aromatic N) is 1. The van der Waals surface area contributed by atoms with E-state index in [2.05, 4.69) is 61.3 Å². The standard InChI is InChI=1S/C16H26N2/c1-4-14-12-17-16(5-2,6-3)13-18(14)15-10-8-7-9-11-15/h7-11,14,17H,4-6,12-13H2,1-3H3. The normalized spacial score (nSPS) is 23.1. The third-order valence-corrected chi connectivity index (χ3v) is 4.54. The van der Waals surface area contributed by atoms with E-state index in [4.69, 9.17) is 0 Å². The molecule has 2 nitrogen and oxygen atoms in total. The summed E-state index contributed by atoms with van der Waals surface area (Å²) in [6.45, 7) is 9.11. The number of anilines is 1. The molecule has 1 N–H and O–H groups in total. The molecule has 1 fully saturated rings. The van der Waals surface area contributed by atoms with Crippen LogP contribution in [0.5, 0.6) is 0 Å². The molecular formula is C16H26N2. The minimum Gasteiger partial charge on any atom is -0.365 e. The first kappa shape index (κ1) is 13.4. The van der Waals surface area contributed by atoms with Crippen LogP contribution < -0.4 is 10.2 Å². The second kappa shape index (κ2) is 5.75. The van der Waals surface area contributed by atoms with Gasteiger partial charge in [-0.3, -0.25) is 0 Å². The number of nitrogens with one attached hydrogen (secondary N) is 1. The molecule has 1 aromatic rings. The van der Waals surface area contributed by atoms with E-state index in [1.807, 2.05) is 0 Å². The summed E-state index contributed by atoms with van der Waals surface area (Å²) < 4.78 is 0. The van der Waals surface area contributed by atoms with Crippen molar-refractivity contribution in [2.24, 2.45) is 0 Å². The molecule has 0 saturated carbocycles. The monoisotopic (exact) mass is 246 g/mol. The predicted molar refractivity (Wildman–Crippen MR) is 79.2 cm³/mol. The van der Waals surface area contributed by atoms with Crippen molar-refractivity contribution in [2.75, 3.05) is 18.0 Å². The molecule has 1 aliphatic heterocycles. The maximum Gasteiger partial charge on any atom is 0.0412 e. The van der Waals surface area contributed by atoms with E-state index in [1.165, 1.54) is 24.9 Å². The van der Waals surface area contributed by atoms with Crippen LogP contribution in [0.3, 0.4) is 0 Å². The van der Waals surface area contributed by atoms with Crippen LogP contribution in [0.2, 0.25) is 0 Å². The summed E-state index contributed by atoms with van der Waals surface area (Å²) in [4.78, 5) is 2.60. The van der Waals surface area contributed by atoms with Crippen LogP contribution in [0.15, 0.2) is 30.3 Å². The van der Waals surface area contributed by atoms with Crippen LogP contribution in [-0.4, -0.2) is 24.7 Å². The molecule has 1 atom stereocenters. The highest BCUT2D eigenvalue weighted by Gasteiger charge is 2.35. The van der Waals surface area contributed by atoms with Gasteiger partial charge in [-0.05, 0) is 31.4 Å². The zero-order valence-electron chi connectivity index (χ0n) is 11.9. The van der Waals surface area contributed by atoms with E-state index in [-0.39, 0.29) is 0 Å². The third-order valence-electron chi connectivity index (χ3n) is 4.54. The largest absolute Gasteiger partial charge is 0.365 e. The number of hydrogen-bond donors (Lipinski definition) is 1. The topological polar surface area (TPSA) is 15.3 Å². The van der Waals surface area contributed by atoms with Gasteiger partial charge in [-0.25, -0.2) is 0 Å². The summed E-state index contributed by atoms with van der Waals surface area (Å²) >= 11 is 0. The van der Waals surface area contributed by atoms with Crippen LogP contribution >= 0.6 is 0 Å². The van der Waals surface area contributed by atoms with Crippen molar-refractivity contribution in [3.05, 3.63) is 30.3 Å². The van der Waals surface area contributed by atoms with Gasteiger partial charge in [-0.15, -0.1) is 0 Å². The second-order valence-electron chi connectivity index (χ2n) is 5.39. The molecule has 2 rings (SSSR count). The van der Waals surface area contributed by atoms with Crippen LogP contribution in [0, 0.1) is 0 Å². The average Bonchev–Trinajstić information content (AvgIpc) is 2.47. The van der Waals surface area contributed by atoms with Gasteiger partial charge < -0.3 is 10.2 Å². The zero-order valence-corrected chi connectivity index (χ0v) is 11.9. The highest BCUT2D eigenvalue weighted by Crippen LogP contribution is 2.28. The first-order chi connectivity index (χ1) is 8.74. The number of rotatable bonds is 4. The lowest BCUT2D eigenvalue weighted by molar-refractivity contribution is 0.246. The first-order valence-electron chi connectivity index (χ1n) is 7.31. The maximum atomic E-state index is 3.79. The van der Waals surface area contributed by atoms with E-state index < -0.39 is 0 Å². The molecule has 1 saturated heterocycles. The van der Waals surface area contributed by atoms with E-state index in [0.29, 0.717) is 11.6 Å². The van der Waals surface area contributed by atoms with Crippen molar-refractivity contribution >= 4 is 5.69 Å². The highest BCUT2D eigenvalue weighted by molar-refractivity contribution is 5.48. The molecule has 0 bridgehead atoms. The molecule has 0 radical (unpaired) electrons. The fraction of sp³-hybridized carbons (Fsp3) is 0.625. The molecule has 0 amide bonds. The van der Waals surface area contributed by atoms with Gasteiger partial charge in [0.05, 0.1) is 0 Å². The van der Waals surface area contributed by atoms with Gasteiger partial charge in [-0.2, -0.15) is 0 Å². The summed E-state index contributed by atoms with van der Waals surface area (Å²) in [5, 5.41) is 3.79. The van der Waals surface area contributed by atoms with Crippen LogP contribution in [0.4, 0.5) is 5.69 Å². The predicted octanol–water partition coefficient (Wildman–Crippen LogP) is 3.43. The Balaban J connectivity index is 2.23. The number of benzene rings is 1. The van der Waals surface area contributed by atoms with Crippen molar-refractivity contribution in [1.29, 1.82) is 0 Å². The Bertz CT molecular complexity index is 357. The van der Waals surface area contributed by atoms with Crippen molar-refractivity contribution in [2.45, 2.75) is 51.6 Å². The van der Waals surface area contributed by atoms with E-state index in [0.717, 1.165) is 13.1 Å². The summed E-state index contributed by atoms with van der Waals surface area (Å²) in [5.74, 6) is 0. The van der Waals surface area contributed by atoms with Gasteiger partial charge in [0.1, 0.15) is 0 Å². The Morgan fingerprint density at radius 2 is 1.83 bits per heavy atom. The van der Waals surface area contributed by atoms with Crippen LogP contribution in [0.25, 0.3) is 0 Å². The molecule has 0 aliphatic carbocycles. The van der Waals surface area contributed by atoms with Gasteiger partial charge >= 0.3 is 0 Å². The number of para-hydroxylation sites is 1.